The number of rotatable bonds is 7. The third-order valence-corrected chi connectivity index (χ3v) is 7.43. The van der Waals surface area contributed by atoms with Crippen molar-refractivity contribution in [3.8, 4) is 11.1 Å². The molecule has 2 aliphatic carbocycles. The average Bonchev–Trinajstić information content (AvgIpc) is 3.21. The number of carboxylic acid groups (broad SMARTS) is 1. The molecule has 0 spiro atoms. The molecule has 0 heterocycles. The maximum atomic E-state index is 12.6. The van der Waals surface area contributed by atoms with Crippen LogP contribution in [0.2, 0.25) is 0 Å². The van der Waals surface area contributed by atoms with Crippen LogP contribution in [-0.4, -0.2) is 29.8 Å². The van der Waals surface area contributed by atoms with E-state index in [9.17, 15) is 14.7 Å². The summed E-state index contributed by atoms with van der Waals surface area (Å²) in [5.74, 6) is -0.536. The van der Waals surface area contributed by atoms with Crippen LogP contribution < -0.4 is 5.32 Å². The molecule has 180 valence electrons. The van der Waals surface area contributed by atoms with Gasteiger partial charge in [-0.1, -0.05) is 92.1 Å². The van der Waals surface area contributed by atoms with Crippen LogP contribution in [0.15, 0.2) is 72.8 Å². The topological polar surface area (TPSA) is 75.6 Å². The molecule has 5 rings (SSSR count). The van der Waals surface area contributed by atoms with Crippen LogP contribution in [0, 0.1) is 0 Å². The van der Waals surface area contributed by atoms with E-state index in [1.807, 2.05) is 36.4 Å². The van der Waals surface area contributed by atoms with E-state index < -0.39 is 18.1 Å². The number of nitrogens with one attached hydrogen (secondary N) is 1. The molecule has 35 heavy (non-hydrogen) atoms. The Labute approximate surface area is 206 Å². The molecule has 0 aliphatic heterocycles. The molecule has 1 fully saturated rings. The molecule has 0 radical (unpaired) electrons. The average molecular weight is 470 g/mol. The number of alkyl carbamates (subject to hydrolysis) is 1. The summed E-state index contributed by atoms with van der Waals surface area (Å²) in [5, 5.41) is 12.3. The molecule has 0 unspecified atom stereocenters. The highest BCUT2D eigenvalue weighted by Gasteiger charge is 2.30. The van der Waals surface area contributed by atoms with E-state index in [4.69, 9.17) is 4.74 Å². The Morgan fingerprint density at radius 3 is 2.06 bits per heavy atom. The first-order valence-corrected chi connectivity index (χ1v) is 12.5. The van der Waals surface area contributed by atoms with Crippen molar-refractivity contribution in [1.82, 2.24) is 5.32 Å². The third kappa shape index (κ3) is 5.09. The van der Waals surface area contributed by atoms with Gasteiger partial charge in [-0.25, -0.2) is 9.59 Å². The van der Waals surface area contributed by atoms with E-state index >= 15 is 0 Å². The fraction of sp³-hybridized carbons (Fsp3) is 0.333. The number of hydrogen-bond acceptors (Lipinski definition) is 3. The second-order valence-corrected chi connectivity index (χ2v) is 9.64. The van der Waals surface area contributed by atoms with Crippen LogP contribution >= 0.6 is 0 Å². The number of carbonyl (C=O) groups excluding carboxylic acids is 1. The molecular formula is C30H31NO4. The predicted molar refractivity (Wildman–Crippen MR) is 136 cm³/mol. The standard InChI is InChI=1S/C30H31NO4/c32-29(33)28(18-20-14-16-22(17-15-20)21-8-2-1-3-9-21)31-30(34)35-19-27-25-12-6-4-10-23(25)24-11-5-7-13-26(24)27/h4-7,10-17,21,27-28H,1-3,8-9,18-19H2,(H,31,34)(H,32,33)/t28-/m0/s1. The van der Waals surface area contributed by atoms with Gasteiger partial charge in [0.15, 0.2) is 0 Å². The number of carbonyl (C=O) groups is 2. The molecule has 3 aromatic carbocycles. The molecular weight excluding hydrogens is 438 g/mol. The first-order chi connectivity index (χ1) is 17.1. The summed E-state index contributed by atoms with van der Waals surface area (Å²) in [4.78, 5) is 24.5. The summed E-state index contributed by atoms with van der Waals surface area (Å²) >= 11 is 0. The molecule has 0 bridgehead atoms. The Bertz CT molecular complexity index is 1150. The fourth-order valence-corrected chi connectivity index (χ4v) is 5.58. The van der Waals surface area contributed by atoms with Crippen LogP contribution in [0.4, 0.5) is 4.79 Å². The number of amides is 1. The van der Waals surface area contributed by atoms with Gasteiger partial charge in [0, 0.05) is 12.3 Å². The first kappa shape index (κ1) is 23.2. The zero-order valence-corrected chi connectivity index (χ0v) is 19.8. The molecule has 5 nitrogen and oxygen atoms in total. The maximum absolute atomic E-state index is 12.6. The monoisotopic (exact) mass is 469 g/mol. The minimum Gasteiger partial charge on any atom is -0.480 e. The van der Waals surface area contributed by atoms with Crippen molar-refractivity contribution >= 4 is 12.1 Å². The van der Waals surface area contributed by atoms with E-state index in [1.54, 1.807) is 0 Å². The van der Waals surface area contributed by atoms with Crippen LogP contribution in [0.25, 0.3) is 11.1 Å². The van der Waals surface area contributed by atoms with Crippen LogP contribution in [0.3, 0.4) is 0 Å². The summed E-state index contributed by atoms with van der Waals surface area (Å²) in [6.07, 6.45) is 5.81. The van der Waals surface area contributed by atoms with Crippen molar-refractivity contribution < 1.29 is 19.4 Å². The Morgan fingerprint density at radius 2 is 1.46 bits per heavy atom. The lowest BCUT2D eigenvalue weighted by Gasteiger charge is -2.22. The van der Waals surface area contributed by atoms with Gasteiger partial charge in [-0.3, -0.25) is 0 Å². The van der Waals surface area contributed by atoms with Crippen molar-refractivity contribution in [3.05, 3.63) is 95.1 Å². The zero-order chi connectivity index (χ0) is 24.2. The highest BCUT2D eigenvalue weighted by Crippen LogP contribution is 2.44. The number of fused-ring (bicyclic) bond motifs is 3. The molecule has 3 aromatic rings. The molecule has 5 heteroatoms. The van der Waals surface area contributed by atoms with Crippen LogP contribution in [-0.2, 0) is 16.0 Å². The summed E-state index contributed by atoms with van der Waals surface area (Å²) in [6, 6.07) is 23.4. The molecule has 1 atom stereocenters. The third-order valence-electron chi connectivity index (χ3n) is 7.43. The van der Waals surface area contributed by atoms with E-state index in [0.717, 1.165) is 27.8 Å². The van der Waals surface area contributed by atoms with Crippen LogP contribution in [0.5, 0.6) is 0 Å². The van der Waals surface area contributed by atoms with Gasteiger partial charge in [0.1, 0.15) is 12.6 Å². The minimum atomic E-state index is -1.07. The van der Waals surface area contributed by atoms with Gasteiger partial charge in [0.25, 0.3) is 0 Å². The summed E-state index contributed by atoms with van der Waals surface area (Å²) < 4.78 is 5.54. The van der Waals surface area contributed by atoms with E-state index in [2.05, 4.69) is 41.7 Å². The lowest BCUT2D eigenvalue weighted by molar-refractivity contribution is -0.139. The zero-order valence-electron chi connectivity index (χ0n) is 19.8. The highest BCUT2D eigenvalue weighted by molar-refractivity contribution is 5.81. The summed E-state index contributed by atoms with van der Waals surface area (Å²) in [7, 11) is 0. The lowest BCUT2D eigenvalue weighted by Crippen LogP contribution is -2.42. The molecule has 2 aliphatic rings. The molecule has 2 N–H and O–H groups in total. The van der Waals surface area contributed by atoms with E-state index in [1.165, 1.54) is 37.7 Å². The Balaban J connectivity index is 1.20. The van der Waals surface area contributed by atoms with Gasteiger partial charge in [-0.2, -0.15) is 0 Å². The molecule has 1 amide bonds. The number of aliphatic carboxylic acids is 1. The maximum Gasteiger partial charge on any atom is 0.407 e. The van der Waals surface area contributed by atoms with E-state index in [-0.39, 0.29) is 18.9 Å². The SMILES string of the molecule is O=C(N[C@@H](Cc1ccc(C2CCCCC2)cc1)C(=O)O)OCC1c2ccccc2-c2ccccc21. The number of benzene rings is 3. The highest BCUT2D eigenvalue weighted by atomic mass is 16.5. The summed E-state index contributed by atoms with van der Waals surface area (Å²) in [6.45, 7) is 0.155. The normalized spacial score (nSPS) is 16.2. The molecule has 0 aromatic heterocycles. The second kappa shape index (κ2) is 10.3. The second-order valence-electron chi connectivity index (χ2n) is 9.64. The van der Waals surface area contributed by atoms with Crippen molar-refractivity contribution in [1.29, 1.82) is 0 Å². The van der Waals surface area contributed by atoms with E-state index in [0.29, 0.717) is 5.92 Å². The fourth-order valence-electron chi connectivity index (χ4n) is 5.58. The summed E-state index contributed by atoms with van der Waals surface area (Å²) in [5.41, 5.74) is 6.75. The number of carboxylic acids is 1. The largest absolute Gasteiger partial charge is 0.480 e. The quantitative estimate of drug-likeness (QED) is 0.428. The molecule has 1 saturated carbocycles. The molecule has 0 saturated heterocycles. The lowest BCUT2D eigenvalue weighted by atomic mass is 9.84. The number of hydrogen-bond donors (Lipinski definition) is 2. The van der Waals surface area contributed by atoms with Crippen molar-refractivity contribution in [2.45, 2.75) is 56.4 Å². The Kier molecular flexibility index (Phi) is 6.84. The van der Waals surface area contributed by atoms with Gasteiger partial charge in [-0.15, -0.1) is 0 Å². The van der Waals surface area contributed by atoms with Gasteiger partial charge < -0.3 is 15.2 Å². The van der Waals surface area contributed by atoms with Crippen LogP contribution in [0.1, 0.15) is 66.2 Å². The minimum absolute atomic E-state index is 0.0660. The van der Waals surface area contributed by atoms with Crippen molar-refractivity contribution in [2.24, 2.45) is 0 Å². The van der Waals surface area contributed by atoms with Gasteiger partial charge in [0.05, 0.1) is 0 Å². The van der Waals surface area contributed by atoms with Crippen molar-refractivity contribution in [2.75, 3.05) is 6.61 Å². The van der Waals surface area contributed by atoms with Crippen molar-refractivity contribution in [3.63, 3.8) is 0 Å². The first-order valence-electron chi connectivity index (χ1n) is 12.5. The van der Waals surface area contributed by atoms with Gasteiger partial charge in [0.2, 0.25) is 0 Å². The number of ether oxygens (including phenoxy) is 1. The van der Waals surface area contributed by atoms with Gasteiger partial charge in [-0.05, 0) is 52.1 Å². The predicted octanol–water partition coefficient (Wildman–Crippen LogP) is 6.27. The Morgan fingerprint density at radius 1 is 0.857 bits per heavy atom. The smallest absolute Gasteiger partial charge is 0.407 e. The van der Waals surface area contributed by atoms with Gasteiger partial charge >= 0.3 is 12.1 Å². The Hall–Kier alpha value is -3.60.